The van der Waals surface area contributed by atoms with Crippen LogP contribution in [0.3, 0.4) is 0 Å². The van der Waals surface area contributed by atoms with Crippen molar-refractivity contribution < 1.29 is 4.79 Å². The van der Waals surface area contributed by atoms with Crippen LogP contribution in [0.1, 0.15) is 43.5 Å². The van der Waals surface area contributed by atoms with Crippen LogP contribution in [0.2, 0.25) is 0 Å². The zero-order valence-corrected chi connectivity index (χ0v) is 18.7. The first-order valence-electron chi connectivity index (χ1n) is 9.22. The molecule has 0 unspecified atom stereocenters. The molecule has 0 atom stereocenters. The Morgan fingerprint density at radius 3 is 2.62 bits per heavy atom. The lowest BCUT2D eigenvalue weighted by molar-refractivity contribution is -0.127. The Morgan fingerprint density at radius 1 is 1.35 bits per heavy atom. The van der Waals surface area contributed by atoms with Gasteiger partial charge in [-0.15, -0.1) is 24.0 Å². The summed E-state index contributed by atoms with van der Waals surface area (Å²) in [5.74, 6) is 0.755. The normalized spacial score (nSPS) is 14.8. The molecular weight excluding hydrogens is 443 g/mol. The molecule has 0 spiro atoms. The molecular formula is C18H33IN6O. The molecule has 1 aromatic heterocycles. The molecule has 0 aromatic carbocycles. The minimum absolute atomic E-state index is 0. The Hall–Kier alpha value is -1.32. The van der Waals surface area contributed by atoms with Gasteiger partial charge in [-0.1, -0.05) is 12.8 Å². The number of nitrogens with zero attached hydrogens (tertiary/aromatic N) is 4. The molecule has 1 fully saturated rings. The Bertz CT molecular complexity index is 593. The van der Waals surface area contributed by atoms with Crippen LogP contribution in [0.25, 0.3) is 0 Å². The van der Waals surface area contributed by atoms with Crippen LogP contribution in [0.15, 0.2) is 11.1 Å². The number of guanidine groups is 1. The minimum atomic E-state index is 0. The molecule has 0 aliphatic heterocycles. The number of carbonyl (C=O) groups excluding carboxylic acids is 1. The van der Waals surface area contributed by atoms with Crippen molar-refractivity contribution in [3.63, 3.8) is 0 Å². The fraction of sp³-hybridized carbons (Fsp3) is 0.722. The van der Waals surface area contributed by atoms with Crippen LogP contribution in [-0.4, -0.2) is 59.8 Å². The Kier molecular flexibility index (Phi) is 9.97. The van der Waals surface area contributed by atoms with E-state index in [1.54, 1.807) is 19.0 Å². The van der Waals surface area contributed by atoms with Gasteiger partial charge in [-0.05, 0) is 39.2 Å². The number of likely N-dealkylation sites (N-methyl/N-ethyl adjacent to an activating group) is 1. The number of aliphatic imine (C=N–C) groups is 1. The largest absolute Gasteiger partial charge is 0.356 e. The van der Waals surface area contributed by atoms with Crippen LogP contribution in [-0.2, 0) is 11.3 Å². The van der Waals surface area contributed by atoms with E-state index in [-0.39, 0.29) is 36.4 Å². The van der Waals surface area contributed by atoms with Crippen LogP contribution in [0.5, 0.6) is 0 Å². The third kappa shape index (κ3) is 7.51. The molecule has 1 aliphatic rings. The molecule has 2 N–H and O–H groups in total. The van der Waals surface area contributed by atoms with Crippen LogP contribution < -0.4 is 10.6 Å². The summed E-state index contributed by atoms with van der Waals surface area (Å²) >= 11 is 0. The lowest BCUT2D eigenvalue weighted by Crippen LogP contribution is -2.43. The SMILES string of the molecule is Cc1cc(C)n(CCCNC(=NCC(=O)N(C)C)NC2CCCC2)n1.I. The summed E-state index contributed by atoms with van der Waals surface area (Å²) in [6, 6.07) is 2.56. The summed E-state index contributed by atoms with van der Waals surface area (Å²) in [6.07, 6.45) is 5.83. The number of hydrogen-bond donors (Lipinski definition) is 2. The smallest absolute Gasteiger partial charge is 0.243 e. The molecule has 1 aliphatic carbocycles. The average Bonchev–Trinajstić information content (AvgIpc) is 3.17. The van der Waals surface area contributed by atoms with Gasteiger partial charge in [-0.25, -0.2) is 4.99 Å². The summed E-state index contributed by atoms with van der Waals surface area (Å²) in [5.41, 5.74) is 2.24. The van der Waals surface area contributed by atoms with E-state index < -0.39 is 0 Å². The fourth-order valence-corrected chi connectivity index (χ4v) is 3.04. The van der Waals surface area contributed by atoms with E-state index in [1.807, 2.05) is 11.6 Å². The Balaban J connectivity index is 0.00000338. The van der Waals surface area contributed by atoms with E-state index in [4.69, 9.17) is 0 Å². The fourth-order valence-electron chi connectivity index (χ4n) is 3.04. The van der Waals surface area contributed by atoms with Gasteiger partial charge >= 0.3 is 0 Å². The molecule has 1 heterocycles. The van der Waals surface area contributed by atoms with E-state index in [2.05, 4.69) is 33.7 Å². The van der Waals surface area contributed by atoms with Crippen LogP contribution >= 0.6 is 24.0 Å². The summed E-state index contributed by atoms with van der Waals surface area (Å²) < 4.78 is 2.04. The van der Waals surface area contributed by atoms with E-state index in [0.717, 1.165) is 31.2 Å². The number of aryl methyl sites for hydroxylation is 3. The summed E-state index contributed by atoms with van der Waals surface area (Å²) in [5, 5.41) is 11.3. The Labute approximate surface area is 174 Å². The van der Waals surface area contributed by atoms with E-state index >= 15 is 0 Å². The molecule has 7 nitrogen and oxygen atoms in total. The highest BCUT2D eigenvalue weighted by molar-refractivity contribution is 14.0. The number of halogens is 1. The van der Waals surface area contributed by atoms with Crippen molar-refractivity contribution in [2.45, 2.75) is 58.5 Å². The molecule has 0 bridgehead atoms. The van der Waals surface area contributed by atoms with Crippen molar-refractivity contribution in [3.8, 4) is 0 Å². The number of hydrogen-bond acceptors (Lipinski definition) is 3. The topological polar surface area (TPSA) is 74.6 Å². The Morgan fingerprint density at radius 2 is 2.04 bits per heavy atom. The van der Waals surface area contributed by atoms with Crippen molar-refractivity contribution in [1.29, 1.82) is 0 Å². The highest BCUT2D eigenvalue weighted by atomic mass is 127. The maximum absolute atomic E-state index is 11.8. The highest BCUT2D eigenvalue weighted by Crippen LogP contribution is 2.17. The van der Waals surface area contributed by atoms with E-state index in [9.17, 15) is 4.79 Å². The summed E-state index contributed by atoms with van der Waals surface area (Å²) in [6.45, 7) is 5.94. The lowest BCUT2D eigenvalue weighted by atomic mass is 10.2. The first-order chi connectivity index (χ1) is 12.0. The van der Waals surface area contributed by atoms with Gasteiger partial charge in [0.25, 0.3) is 0 Å². The van der Waals surface area contributed by atoms with Gasteiger partial charge < -0.3 is 15.5 Å². The molecule has 0 radical (unpaired) electrons. The average molecular weight is 476 g/mol. The second-order valence-electron chi connectivity index (χ2n) is 7.01. The number of nitrogens with one attached hydrogen (secondary N) is 2. The van der Waals surface area contributed by atoms with Crippen molar-refractivity contribution in [2.24, 2.45) is 4.99 Å². The van der Waals surface area contributed by atoms with Crippen molar-refractivity contribution >= 4 is 35.8 Å². The maximum Gasteiger partial charge on any atom is 0.243 e. The van der Waals surface area contributed by atoms with Gasteiger partial charge in [0, 0.05) is 38.9 Å². The second kappa shape index (κ2) is 11.4. The molecule has 148 valence electrons. The van der Waals surface area contributed by atoms with Gasteiger partial charge in [0.15, 0.2) is 5.96 Å². The highest BCUT2D eigenvalue weighted by Gasteiger charge is 2.16. The monoisotopic (exact) mass is 476 g/mol. The van der Waals surface area contributed by atoms with Gasteiger partial charge in [-0.2, -0.15) is 5.10 Å². The molecule has 8 heteroatoms. The quantitative estimate of drug-likeness (QED) is 0.274. The van der Waals surface area contributed by atoms with Crippen molar-refractivity contribution in [1.82, 2.24) is 25.3 Å². The molecule has 26 heavy (non-hydrogen) atoms. The van der Waals surface area contributed by atoms with Crippen molar-refractivity contribution in [3.05, 3.63) is 17.5 Å². The van der Waals surface area contributed by atoms with E-state index in [0.29, 0.717) is 6.04 Å². The molecule has 1 saturated carbocycles. The third-order valence-corrected chi connectivity index (χ3v) is 4.51. The van der Waals surface area contributed by atoms with Gasteiger partial charge in [0.2, 0.25) is 5.91 Å². The number of amides is 1. The van der Waals surface area contributed by atoms with Gasteiger partial charge in [0.05, 0.1) is 5.69 Å². The standard InChI is InChI=1S/C18H32N6O.HI/c1-14-12-15(2)24(22-14)11-7-10-19-18(20-13-17(25)23(3)4)21-16-8-5-6-9-16;/h12,16H,5-11,13H2,1-4H3,(H2,19,20,21);1H. The van der Waals surface area contributed by atoms with E-state index in [1.165, 1.54) is 31.4 Å². The molecule has 1 amide bonds. The zero-order chi connectivity index (χ0) is 18.2. The van der Waals surface area contributed by atoms with Gasteiger partial charge in [-0.3, -0.25) is 9.48 Å². The number of rotatable bonds is 7. The number of carbonyl (C=O) groups is 1. The van der Waals surface area contributed by atoms with Crippen molar-refractivity contribution in [2.75, 3.05) is 27.2 Å². The predicted molar refractivity (Wildman–Crippen MR) is 116 cm³/mol. The maximum atomic E-state index is 11.8. The second-order valence-corrected chi connectivity index (χ2v) is 7.01. The summed E-state index contributed by atoms with van der Waals surface area (Å²) in [7, 11) is 3.51. The molecule has 2 rings (SSSR count). The first kappa shape index (κ1) is 22.7. The van der Waals surface area contributed by atoms with Crippen LogP contribution in [0, 0.1) is 13.8 Å². The summed E-state index contributed by atoms with van der Waals surface area (Å²) in [4.78, 5) is 17.8. The van der Waals surface area contributed by atoms with Crippen LogP contribution in [0.4, 0.5) is 0 Å². The first-order valence-corrected chi connectivity index (χ1v) is 9.22. The zero-order valence-electron chi connectivity index (χ0n) is 16.4. The minimum Gasteiger partial charge on any atom is -0.356 e. The molecule has 0 saturated heterocycles. The predicted octanol–water partition coefficient (Wildman–Crippen LogP) is 2.07. The lowest BCUT2D eigenvalue weighted by Gasteiger charge is -2.18. The number of aromatic nitrogens is 2. The van der Waals surface area contributed by atoms with Gasteiger partial charge in [0.1, 0.15) is 6.54 Å². The third-order valence-electron chi connectivity index (χ3n) is 4.51. The molecule has 1 aromatic rings.